The summed E-state index contributed by atoms with van der Waals surface area (Å²) >= 11 is 0. The van der Waals surface area contributed by atoms with Gasteiger partial charge in [-0.15, -0.1) is 0 Å². The van der Waals surface area contributed by atoms with Gasteiger partial charge in [0, 0.05) is 5.56 Å². The lowest BCUT2D eigenvalue weighted by atomic mass is 10.1. The zero-order valence-corrected chi connectivity index (χ0v) is 16.8. The van der Waals surface area contributed by atoms with E-state index in [0.29, 0.717) is 29.2 Å². The lowest BCUT2D eigenvalue weighted by molar-refractivity contribution is -0.129. The molecule has 1 heterocycles. The summed E-state index contributed by atoms with van der Waals surface area (Å²) in [5.74, 6) is -0.0732. The third-order valence-corrected chi connectivity index (χ3v) is 4.42. The Hall–Kier alpha value is -4.19. The average molecular weight is 413 g/mol. The van der Waals surface area contributed by atoms with Crippen molar-refractivity contribution in [3.05, 3.63) is 101 Å². The molecule has 0 spiro atoms. The number of benzene rings is 3. The molecule has 4 rings (SSSR count). The maximum Gasteiger partial charge on any atom is 0.363 e. The zero-order chi connectivity index (χ0) is 21.6. The van der Waals surface area contributed by atoms with Gasteiger partial charge in [-0.25, -0.2) is 14.6 Å². The Morgan fingerprint density at radius 2 is 1.68 bits per heavy atom. The van der Waals surface area contributed by atoms with Gasteiger partial charge >= 0.3 is 11.9 Å². The topological polar surface area (TPSA) is 74.2 Å². The number of rotatable bonds is 6. The molecule has 0 N–H and O–H groups in total. The molecule has 6 nitrogen and oxygen atoms in total. The van der Waals surface area contributed by atoms with Crippen LogP contribution in [0.5, 0.6) is 11.5 Å². The minimum Gasteiger partial charge on any atom is -0.490 e. The van der Waals surface area contributed by atoms with E-state index >= 15 is 0 Å². The molecule has 0 bridgehead atoms. The van der Waals surface area contributed by atoms with Crippen LogP contribution in [0.15, 0.2) is 89.6 Å². The fourth-order valence-corrected chi connectivity index (χ4v) is 2.97. The van der Waals surface area contributed by atoms with Gasteiger partial charge < -0.3 is 14.2 Å². The first-order valence-electron chi connectivity index (χ1n) is 9.76. The number of ether oxygens (including phenoxy) is 3. The molecule has 6 heteroatoms. The monoisotopic (exact) mass is 413 g/mol. The van der Waals surface area contributed by atoms with Crippen molar-refractivity contribution in [3.63, 3.8) is 0 Å². The van der Waals surface area contributed by atoms with Crippen LogP contribution in [0.1, 0.15) is 28.4 Å². The molecule has 1 aliphatic rings. The Morgan fingerprint density at radius 1 is 0.968 bits per heavy atom. The van der Waals surface area contributed by atoms with Crippen LogP contribution in [-0.4, -0.2) is 24.4 Å². The summed E-state index contributed by atoms with van der Waals surface area (Å²) < 4.78 is 16.4. The van der Waals surface area contributed by atoms with Crippen LogP contribution in [-0.2, 0) is 9.53 Å². The molecule has 0 amide bonds. The van der Waals surface area contributed by atoms with Gasteiger partial charge in [-0.05, 0) is 55.0 Å². The number of esters is 2. The predicted octanol–water partition coefficient (Wildman–Crippen LogP) is 4.65. The quantitative estimate of drug-likeness (QED) is 0.334. The van der Waals surface area contributed by atoms with Gasteiger partial charge in [0.1, 0.15) is 0 Å². The Morgan fingerprint density at radius 3 is 2.39 bits per heavy atom. The molecule has 0 unspecified atom stereocenters. The summed E-state index contributed by atoms with van der Waals surface area (Å²) in [6.45, 7) is 2.22. The Balaban J connectivity index is 1.59. The van der Waals surface area contributed by atoms with E-state index in [1.807, 2.05) is 43.3 Å². The number of aliphatic imine (C=N–C) groups is 1. The second kappa shape index (κ2) is 9.09. The molecule has 3 aromatic carbocycles. The molecule has 0 saturated carbocycles. The third kappa shape index (κ3) is 4.70. The summed E-state index contributed by atoms with van der Waals surface area (Å²) in [6, 6.07) is 22.9. The standard InChI is InChI=1S/C25H19NO5/c1-2-29-22-16-17(13-14-21(22)30-24(27)19-11-7-4-8-12-19)15-20-25(28)31-23(26-20)18-9-5-3-6-10-18/h3-16H,2H2,1H3/b20-15-. The van der Waals surface area contributed by atoms with Crippen LogP contribution in [0, 0.1) is 0 Å². The first-order valence-corrected chi connectivity index (χ1v) is 9.76. The van der Waals surface area contributed by atoms with Gasteiger partial charge in [-0.2, -0.15) is 0 Å². The number of carbonyl (C=O) groups excluding carboxylic acids is 2. The van der Waals surface area contributed by atoms with E-state index in [9.17, 15) is 9.59 Å². The smallest absolute Gasteiger partial charge is 0.363 e. The lowest BCUT2D eigenvalue weighted by Gasteiger charge is -2.11. The fourth-order valence-electron chi connectivity index (χ4n) is 2.97. The van der Waals surface area contributed by atoms with Crippen LogP contribution in [0.25, 0.3) is 6.08 Å². The maximum absolute atomic E-state index is 12.4. The first-order chi connectivity index (χ1) is 15.1. The normalized spacial score (nSPS) is 14.2. The molecule has 0 aliphatic carbocycles. The van der Waals surface area contributed by atoms with Crippen molar-refractivity contribution < 1.29 is 23.8 Å². The summed E-state index contributed by atoms with van der Waals surface area (Å²) in [5, 5.41) is 0. The number of cyclic esters (lactones) is 1. The number of nitrogens with zero attached hydrogens (tertiary/aromatic N) is 1. The molecule has 0 aromatic heterocycles. The zero-order valence-electron chi connectivity index (χ0n) is 16.8. The highest BCUT2D eigenvalue weighted by Gasteiger charge is 2.24. The maximum atomic E-state index is 12.4. The van der Waals surface area contributed by atoms with Crippen molar-refractivity contribution in [2.45, 2.75) is 6.92 Å². The fraction of sp³-hybridized carbons (Fsp3) is 0.0800. The minimum atomic E-state index is -0.531. The van der Waals surface area contributed by atoms with Crippen LogP contribution < -0.4 is 9.47 Å². The largest absolute Gasteiger partial charge is 0.490 e. The highest BCUT2D eigenvalue weighted by molar-refractivity contribution is 6.12. The molecular weight excluding hydrogens is 394 g/mol. The molecule has 0 fully saturated rings. The van der Waals surface area contributed by atoms with Crippen molar-refractivity contribution in [2.24, 2.45) is 4.99 Å². The SMILES string of the molecule is CCOc1cc(/C=C2\N=C(c3ccccc3)OC2=O)ccc1OC(=O)c1ccccc1. The van der Waals surface area contributed by atoms with Gasteiger partial charge in [-0.3, -0.25) is 0 Å². The summed E-state index contributed by atoms with van der Waals surface area (Å²) in [6.07, 6.45) is 1.60. The van der Waals surface area contributed by atoms with E-state index in [-0.39, 0.29) is 11.6 Å². The molecule has 31 heavy (non-hydrogen) atoms. The number of carbonyl (C=O) groups is 2. The van der Waals surface area contributed by atoms with E-state index in [0.717, 1.165) is 5.56 Å². The Labute approximate surface area is 179 Å². The Bertz CT molecular complexity index is 1170. The molecule has 1 aliphatic heterocycles. The minimum absolute atomic E-state index is 0.176. The second-order valence-corrected chi connectivity index (χ2v) is 6.60. The third-order valence-electron chi connectivity index (χ3n) is 4.42. The van der Waals surface area contributed by atoms with Crippen LogP contribution >= 0.6 is 0 Å². The predicted molar refractivity (Wildman–Crippen MR) is 116 cm³/mol. The van der Waals surface area contributed by atoms with Gasteiger partial charge in [0.25, 0.3) is 0 Å². The van der Waals surface area contributed by atoms with Gasteiger partial charge in [0.05, 0.1) is 12.2 Å². The molecule has 3 aromatic rings. The summed E-state index contributed by atoms with van der Waals surface area (Å²) in [4.78, 5) is 28.9. The van der Waals surface area contributed by atoms with Crippen LogP contribution in [0.2, 0.25) is 0 Å². The highest BCUT2D eigenvalue weighted by atomic mass is 16.6. The van der Waals surface area contributed by atoms with Crippen molar-refractivity contribution >= 4 is 23.9 Å². The van der Waals surface area contributed by atoms with E-state index in [1.165, 1.54) is 0 Å². The summed E-state index contributed by atoms with van der Waals surface area (Å²) in [7, 11) is 0. The molecule has 0 atom stereocenters. The molecule has 0 radical (unpaired) electrons. The molecule has 154 valence electrons. The van der Waals surface area contributed by atoms with Gasteiger partial charge in [0.2, 0.25) is 5.90 Å². The van der Waals surface area contributed by atoms with E-state index in [4.69, 9.17) is 14.2 Å². The highest BCUT2D eigenvalue weighted by Crippen LogP contribution is 2.31. The van der Waals surface area contributed by atoms with Crippen LogP contribution in [0.3, 0.4) is 0 Å². The first kappa shape index (κ1) is 20.1. The van der Waals surface area contributed by atoms with E-state index < -0.39 is 11.9 Å². The average Bonchev–Trinajstić information content (AvgIpc) is 3.17. The van der Waals surface area contributed by atoms with Gasteiger partial charge in [-0.1, -0.05) is 42.5 Å². The van der Waals surface area contributed by atoms with E-state index in [2.05, 4.69) is 4.99 Å². The number of hydrogen-bond donors (Lipinski definition) is 0. The van der Waals surface area contributed by atoms with Crippen LogP contribution in [0.4, 0.5) is 0 Å². The van der Waals surface area contributed by atoms with Crippen molar-refractivity contribution in [1.82, 2.24) is 0 Å². The summed E-state index contributed by atoms with van der Waals surface area (Å²) in [5.41, 5.74) is 1.99. The lowest BCUT2D eigenvalue weighted by Crippen LogP contribution is -2.09. The Kier molecular flexibility index (Phi) is 5.89. The molecular formula is C25H19NO5. The van der Waals surface area contributed by atoms with Gasteiger partial charge in [0.15, 0.2) is 17.2 Å². The second-order valence-electron chi connectivity index (χ2n) is 6.60. The number of hydrogen-bond acceptors (Lipinski definition) is 6. The van der Waals surface area contributed by atoms with Crippen molar-refractivity contribution in [2.75, 3.05) is 6.61 Å². The molecule has 0 saturated heterocycles. The van der Waals surface area contributed by atoms with E-state index in [1.54, 1.807) is 48.5 Å². The van der Waals surface area contributed by atoms with Crippen molar-refractivity contribution in [1.29, 1.82) is 0 Å². The van der Waals surface area contributed by atoms with Crippen molar-refractivity contribution in [3.8, 4) is 11.5 Å².